The number of nitrogens with one attached hydrogen (secondary N) is 1. The third-order valence-corrected chi connectivity index (χ3v) is 5.28. The van der Waals surface area contributed by atoms with Gasteiger partial charge in [0.1, 0.15) is 11.4 Å². The SMILES string of the molecule is O=C(Oc1cccc(Nc2nc(-c3ccccn3)cs2)c1)c1ccc(I)cc1. The molecule has 5 nitrogen and oxygen atoms in total. The van der Waals surface area contributed by atoms with E-state index >= 15 is 0 Å². The van der Waals surface area contributed by atoms with Gasteiger partial charge in [-0.1, -0.05) is 12.1 Å². The first-order chi connectivity index (χ1) is 13.7. The van der Waals surface area contributed by atoms with E-state index < -0.39 is 0 Å². The van der Waals surface area contributed by atoms with Crippen LogP contribution in [0.15, 0.2) is 78.3 Å². The monoisotopic (exact) mass is 499 g/mol. The molecule has 7 heteroatoms. The number of esters is 1. The number of ether oxygens (including phenoxy) is 1. The predicted octanol–water partition coefficient (Wildman–Crippen LogP) is 5.77. The predicted molar refractivity (Wildman–Crippen MR) is 119 cm³/mol. The van der Waals surface area contributed by atoms with E-state index in [1.807, 2.05) is 47.8 Å². The molecule has 28 heavy (non-hydrogen) atoms. The number of rotatable bonds is 5. The van der Waals surface area contributed by atoms with Crippen LogP contribution in [0.1, 0.15) is 10.4 Å². The minimum absolute atomic E-state index is 0.389. The molecule has 0 fully saturated rings. The zero-order valence-corrected chi connectivity index (χ0v) is 17.5. The molecule has 0 aliphatic rings. The lowest BCUT2D eigenvalue weighted by Crippen LogP contribution is -2.08. The minimum atomic E-state index is -0.389. The zero-order chi connectivity index (χ0) is 19.3. The van der Waals surface area contributed by atoms with Crippen LogP contribution in [0.25, 0.3) is 11.4 Å². The van der Waals surface area contributed by atoms with Crippen molar-refractivity contribution in [3.8, 4) is 17.1 Å². The maximum atomic E-state index is 12.3. The Morgan fingerprint density at radius 1 is 1.00 bits per heavy atom. The van der Waals surface area contributed by atoms with Crippen LogP contribution in [-0.4, -0.2) is 15.9 Å². The Bertz CT molecular complexity index is 1100. The summed E-state index contributed by atoms with van der Waals surface area (Å²) in [5, 5.41) is 5.93. The number of halogens is 1. The summed E-state index contributed by atoms with van der Waals surface area (Å²) in [5.41, 5.74) is 2.94. The molecule has 4 aromatic rings. The van der Waals surface area contributed by atoms with E-state index in [-0.39, 0.29) is 5.97 Å². The number of anilines is 2. The van der Waals surface area contributed by atoms with Crippen LogP contribution >= 0.6 is 33.9 Å². The molecule has 2 aromatic carbocycles. The molecule has 0 unspecified atom stereocenters. The molecule has 0 aliphatic heterocycles. The number of pyridine rings is 1. The summed E-state index contributed by atoms with van der Waals surface area (Å²) in [4.78, 5) is 21.2. The van der Waals surface area contributed by atoms with Crippen molar-refractivity contribution < 1.29 is 9.53 Å². The van der Waals surface area contributed by atoms with Gasteiger partial charge in [0.15, 0.2) is 5.13 Å². The zero-order valence-electron chi connectivity index (χ0n) is 14.5. The van der Waals surface area contributed by atoms with E-state index in [4.69, 9.17) is 4.74 Å². The third-order valence-electron chi connectivity index (χ3n) is 3.81. The van der Waals surface area contributed by atoms with Crippen LogP contribution in [-0.2, 0) is 0 Å². The maximum Gasteiger partial charge on any atom is 0.343 e. The Hall–Kier alpha value is -2.78. The largest absolute Gasteiger partial charge is 0.423 e. The smallest absolute Gasteiger partial charge is 0.343 e. The highest BCUT2D eigenvalue weighted by Gasteiger charge is 2.10. The molecule has 0 bridgehead atoms. The molecule has 0 saturated carbocycles. The van der Waals surface area contributed by atoms with Crippen molar-refractivity contribution in [2.45, 2.75) is 0 Å². The van der Waals surface area contributed by atoms with Gasteiger partial charge in [0.2, 0.25) is 0 Å². The summed E-state index contributed by atoms with van der Waals surface area (Å²) in [6.07, 6.45) is 1.74. The van der Waals surface area contributed by atoms with Crippen molar-refractivity contribution in [3.63, 3.8) is 0 Å². The molecule has 0 aliphatic carbocycles. The van der Waals surface area contributed by atoms with Crippen molar-refractivity contribution in [1.29, 1.82) is 0 Å². The second-order valence-corrected chi connectivity index (χ2v) is 7.91. The van der Waals surface area contributed by atoms with Gasteiger partial charge in [-0.15, -0.1) is 11.3 Å². The van der Waals surface area contributed by atoms with Crippen LogP contribution < -0.4 is 10.1 Å². The van der Waals surface area contributed by atoms with Crippen LogP contribution in [0, 0.1) is 3.57 Å². The standard InChI is InChI=1S/C21H14IN3O2S/c22-15-9-7-14(8-10-15)20(26)27-17-5-3-4-16(12-17)24-21-25-19(13-28-21)18-6-1-2-11-23-18/h1-13H,(H,24,25). The Balaban J connectivity index is 1.46. The summed E-state index contributed by atoms with van der Waals surface area (Å²) in [6.45, 7) is 0. The van der Waals surface area contributed by atoms with Gasteiger partial charge in [-0.05, 0) is 71.1 Å². The number of hydrogen-bond donors (Lipinski definition) is 1. The van der Waals surface area contributed by atoms with E-state index in [0.29, 0.717) is 11.3 Å². The molecular weight excluding hydrogens is 485 g/mol. The number of thiazole rings is 1. The average molecular weight is 499 g/mol. The van der Waals surface area contributed by atoms with Gasteiger partial charge in [0, 0.05) is 26.9 Å². The molecule has 0 spiro atoms. The van der Waals surface area contributed by atoms with Crippen molar-refractivity contribution in [2.75, 3.05) is 5.32 Å². The van der Waals surface area contributed by atoms with E-state index in [1.165, 1.54) is 11.3 Å². The normalized spacial score (nSPS) is 10.5. The van der Waals surface area contributed by atoms with Crippen LogP contribution in [0.3, 0.4) is 0 Å². The summed E-state index contributed by atoms with van der Waals surface area (Å²) >= 11 is 3.68. The number of aromatic nitrogens is 2. The number of benzene rings is 2. The number of nitrogens with zero attached hydrogens (tertiary/aromatic N) is 2. The van der Waals surface area contributed by atoms with E-state index in [0.717, 1.165) is 25.8 Å². The fourth-order valence-corrected chi connectivity index (χ4v) is 3.56. The highest BCUT2D eigenvalue weighted by atomic mass is 127. The van der Waals surface area contributed by atoms with E-state index in [9.17, 15) is 4.79 Å². The summed E-state index contributed by atoms with van der Waals surface area (Å²) < 4.78 is 6.55. The van der Waals surface area contributed by atoms with Crippen LogP contribution in [0.4, 0.5) is 10.8 Å². The van der Waals surface area contributed by atoms with Crippen molar-refractivity contribution in [1.82, 2.24) is 9.97 Å². The lowest BCUT2D eigenvalue weighted by Gasteiger charge is -2.07. The van der Waals surface area contributed by atoms with Gasteiger partial charge in [-0.2, -0.15) is 0 Å². The Morgan fingerprint density at radius 2 is 1.86 bits per heavy atom. The summed E-state index contributed by atoms with van der Waals surface area (Å²) in [5.74, 6) is 0.0790. The molecule has 0 saturated heterocycles. The first kappa shape index (κ1) is 18.6. The van der Waals surface area contributed by atoms with Gasteiger partial charge in [-0.25, -0.2) is 9.78 Å². The fourth-order valence-electron chi connectivity index (χ4n) is 2.48. The summed E-state index contributed by atoms with van der Waals surface area (Å²) in [6, 6.07) is 20.2. The van der Waals surface area contributed by atoms with Crippen LogP contribution in [0.2, 0.25) is 0 Å². The highest BCUT2D eigenvalue weighted by Crippen LogP contribution is 2.27. The summed E-state index contributed by atoms with van der Waals surface area (Å²) in [7, 11) is 0. The van der Waals surface area contributed by atoms with Gasteiger partial charge >= 0.3 is 5.97 Å². The van der Waals surface area contributed by atoms with E-state index in [1.54, 1.807) is 30.5 Å². The molecule has 2 heterocycles. The molecule has 2 aromatic heterocycles. The fraction of sp³-hybridized carbons (Fsp3) is 0. The lowest BCUT2D eigenvalue weighted by molar-refractivity contribution is 0.0735. The third kappa shape index (κ3) is 4.55. The van der Waals surface area contributed by atoms with Gasteiger partial charge in [0.05, 0.1) is 11.3 Å². The molecular formula is C21H14IN3O2S. The van der Waals surface area contributed by atoms with Crippen molar-refractivity contribution >= 4 is 50.7 Å². The minimum Gasteiger partial charge on any atom is -0.423 e. The Morgan fingerprint density at radius 3 is 2.64 bits per heavy atom. The Labute approximate surface area is 179 Å². The van der Waals surface area contributed by atoms with Crippen molar-refractivity contribution in [2.24, 2.45) is 0 Å². The number of carbonyl (C=O) groups is 1. The van der Waals surface area contributed by atoms with Crippen LogP contribution in [0.5, 0.6) is 5.75 Å². The molecule has 0 atom stereocenters. The van der Waals surface area contributed by atoms with E-state index in [2.05, 4.69) is 37.9 Å². The number of hydrogen-bond acceptors (Lipinski definition) is 6. The molecule has 138 valence electrons. The topological polar surface area (TPSA) is 64.1 Å². The Kier molecular flexibility index (Phi) is 5.63. The van der Waals surface area contributed by atoms with Gasteiger partial charge in [-0.3, -0.25) is 4.98 Å². The maximum absolute atomic E-state index is 12.3. The number of carbonyl (C=O) groups excluding carboxylic acids is 1. The second kappa shape index (κ2) is 8.49. The second-order valence-electron chi connectivity index (χ2n) is 5.80. The quantitative estimate of drug-likeness (QED) is 0.215. The first-order valence-corrected chi connectivity index (χ1v) is 10.3. The highest BCUT2D eigenvalue weighted by molar-refractivity contribution is 14.1. The van der Waals surface area contributed by atoms with Gasteiger partial charge < -0.3 is 10.1 Å². The van der Waals surface area contributed by atoms with Gasteiger partial charge in [0.25, 0.3) is 0 Å². The molecule has 4 rings (SSSR count). The molecule has 1 N–H and O–H groups in total. The average Bonchev–Trinajstić information content (AvgIpc) is 3.18. The lowest BCUT2D eigenvalue weighted by atomic mass is 10.2. The molecule has 0 radical (unpaired) electrons. The van der Waals surface area contributed by atoms with Crippen molar-refractivity contribution in [3.05, 3.63) is 87.4 Å². The molecule has 0 amide bonds. The first-order valence-electron chi connectivity index (χ1n) is 8.39.